The average Bonchev–Trinajstić information content (AvgIpc) is 3.08. The second kappa shape index (κ2) is 11.6. The molecule has 1 saturated heterocycles. The normalized spacial score (nSPS) is 17.0. The highest BCUT2D eigenvalue weighted by Gasteiger charge is 2.28. The molecule has 0 aliphatic carbocycles. The minimum Gasteiger partial charge on any atom is -0.481 e. The number of aliphatic imine (C=N–C) groups is 1. The van der Waals surface area contributed by atoms with Crippen LogP contribution >= 0.6 is 22.9 Å². The number of thiophene rings is 1. The fourth-order valence-electron chi connectivity index (χ4n) is 4.42. The van der Waals surface area contributed by atoms with E-state index < -0.39 is 17.8 Å². The van der Waals surface area contributed by atoms with Crippen molar-refractivity contribution in [3.8, 4) is 17.2 Å². The van der Waals surface area contributed by atoms with Crippen LogP contribution in [0.2, 0.25) is 5.02 Å². The number of methoxy groups -OCH3 is 1. The minimum atomic E-state index is -1.27. The molecule has 1 unspecified atom stereocenters. The van der Waals surface area contributed by atoms with Gasteiger partial charge in [0.1, 0.15) is 34.7 Å². The molecule has 1 aromatic heterocycles. The quantitative estimate of drug-likeness (QED) is 0.216. The van der Waals surface area contributed by atoms with Gasteiger partial charge in [0.05, 0.1) is 42.2 Å². The third kappa shape index (κ3) is 5.19. The van der Waals surface area contributed by atoms with Gasteiger partial charge in [-0.25, -0.2) is 13.2 Å². The van der Waals surface area contributed by atoms with E-state index in [1.54, 1.807) is 24.0 Å². The molecular weight excluding hydrogens is 537 g/mol. The number of nitrogen functional groups attached to an aromatic ring is 1. The number of allylic oxidation sites excluding steroid dienone is 1. The molecule has 4 rings (SSSR count). The molecule has 1 fully saturated rings. The molecule has 2 aromatic carbocycles. The van der Waals surface area contributed by atoms with Crippen LogP contribution in [0.3, 0.4) is 0 Å². The molecule has 11 heteroatoms. The van der Waals surface area contributed by atoms with Crippen molar-refractivity contribution in [2.24, 2.45) is 4.99 Å². The summed E-state index contributed by atoms with van der Waals surface area (Å²) in [6.07, 6.45) is 1.11. The molecule has 2 heterocycles. The van der Waals surface area contributed by atoms with Crippen molar-refractivity contribution < 1.29 is 22.6 Å². The van der Waals surface area contributed by atoms with Crippen LogP contribution in [0.5, 0.6) is 0 Å². The molecule has 0 radical (unpaired) electrons. The van der Waals surface area contributed by atoms with E-state index in [0.717, 1.165) is 11.3 Å². The first-order chi connectivity index (χ1) is 18.2. The maximum absolute atomic E-state index is 16.2. The first-order valence-electron chi connectivity index (χ1n) is 11.9. The molecule has 0 saturated carbocycles. The largest absolute Gasteiger partial charge is 0.481 e. The van der Waals surface area contributed by atoms with Gasteiger partial charge in [-0.3, -0.25) is 0 Å². The van der Waals surface area contributed by atoms with E-state index in [1.165, 1.54) is 19.2 Å². The molecule has 0 spiro atoms. The van der Waals surface area contributed by atoms with Gasteiger partial charge >= 0.3 is 0 Å². The molecular formula is C27H26ClF3N4O2S. The van der Waals surface area contributed by atoms with E-state index in [9.17, 15) is 14.0 Å². The van der Waals surface area contributed by atoms with E-state index in [2.05, 4.69) is 4.99 Å². The van der Waals surface area contributed by atoms with Gasteiger partial charge in [-0.1, -0.05) is 24.6 Å². The van der Waals surface area contributed by atoms with E-state index in [4.69, 9.17) is 26.8 Å². The second-order valence-corrected chi connectivity index (χ2v) is 10.1. The van der Waals surface area contributed by atoms with Gasteiger partial charge in [0.25, 0.3) is 0 Å². The van der Waals surface area contributed by atoms with E-state index >= 15 is 4.39 Å². The predicted octanol–water partition coefficient (Wildman–Crippen LogP) is 6.58. The van der Waals surface area contributed by atoms with Gasteiger partial charge in [-0.2, -0.15) is 10.3 Å². The highest BCUT2D eigenvalue weighted by atomic mass is 35.5. The first kappa shape index (κ1) is 27.8. The maximum Gasteiger partial charge on any atom is 0.210 e. The Morgan fingerprint density at radius 2 is 2.18 bits per heavy atom. The van der Waals surface area contributed by atoms with Gasteiger partial charge in [0.2, 0.25) is 5.88 Å². The summed E-state index contributed by atoms with van der Waals surface area (Å²) in [6, 6.07) is 6.12. The number of ether oxygens (including phenoxy) is 2. The summed E-state index contributed by atoms with van der Waals surface area (Å²) in [4.78, 5) is 6.30. The van der Waals surface area contributed by atoms with Gasteiger partial charge < -0.3 is 20.1 Å². The Bertz CT molecular complexity index is 1480. The summed E-state index contributed by atoms with van der Waals surface area (Å²) in [6.45, 7) is 3.99. The van der Waals surface area contributed by atoms with E-state index in [-0.39, 0.29) is 73.8 Å². The number of rotatable bonds is 5. The van der Waals surface area contributed by atoms with Crippen LogP contribution in [-0.4, -0.2) is 50.3 Å². The van der Waals surface area contributed by atoms with Crippen LogP contribution in [0.25, 0.3) is 21.2 Å². The van der Waals surface area contributed by atoms with Gasteiger partial charge in [-0.05, 0) is 42.7 Å². The van der Waals surface area contributed by atoms with E-state index in [0.29, 0.717) is 18.5 Å². The number of amidine groups is 1. The molecule has 1 aliphatic heterocycles. The summed E-state index contributed by atoms with van der Waals surface area (Å²) in [5, 5.41) is 10.0. The zero-order chi connectivity index (χ0) is 27.6. The van der Waals surface area contributed by atoms with Gasteiger partial charge in [0, 0.05) is 23.1 Å². The number of fused-ring (bicyclic) bond motifs is 1. The van der Waals surface area contributed by atoms with Crippen LogP contribution in [0.1, 0.15) is 30.0 Å². The summed E-state index contributed by atoms with van der Waals surface area (Å²) >= 11 is 7.62. The number of nitriles is 1. The lowest BCUT2D eigenvalue weighted by Gasteiger charge is -2.27. The fourth-order valence-corrected chi connectivity index (χ4v) is 5.67. The van der Waals surface area contributed by atoms with Crippen LogP contribution in [0.4, 0.5) is 18.2 Å². The summed E-state index contributed by atoms with van der Waals surface area (Å²) in [5.74, 6) is -0.676. The lowest BCUT2D eigenvalue weighted by molar-refractivity contribution is 0.105. The number of alkyl halides is 1. The number of nitrogens with zero attached hydrogens (tertiary/aromatic N) is 3. The van der Waals surface area contributed by atoms with Crippen molar-refractivity contribution in [1.82, 2.24) is 4.90 Å². The number of benzene rings is 2. The summed E-state index contributed by atoms with van der Waals surface area (Å²) in [5.41, 5.74) is 6.81. The number of halogens is 4. The lowest BCUT2D eigenvalue weighted by Crippen LogP contribution is -2.38. The highest BCUT2D eigenvalue weighted by molar-refractivity contribution is 7.23. The van der Waals surface area contributed by atoms with E-state index in [1.807, 2.05) is 13.0 Å². The predicted molar refractivity (Wildman–Crippen MR) is 145 cm³/mol. The molecule has 200 valence electrons. The Morgan fingerprint density at radius 1 is 1.42 bits per heavy atom. The molecule has 1 atom stereocenters. The number of anilines is 1. The fraction of sp³-hybridized carbons (Fsp3) is 0.333. The SMILES string of the molecule is CC/C=C(/N=C(\c1cc(Cl)c(-c2ccc(F)c3sc(N)c(C#N)c23)c(F)c1C)N1CCOCC(F)C1)OC. The van der Waals surface area contributed by atoms with Crippen LogP contribution in [0.15, 0.2) is 35.2 Å². The maximum atomic E-state index is 16.2. The van der Waals surface area contributed by atoms with Crippen molar-refractivity contribution in [3.63, 3.8) is 0 Å². The molecule has 0 amide bonds. The molecule has 3 aromatic rings. The molecule has 6 nitrogen and oxygen atoms in total. The lowest BCUT2D eigenvalue weighted by atomic mass is 9.94. The molecule has 0 bridgehead atoms. The first-order valence-corrected chi connectivity index (χ1v) is 13.1. The van der Waals surface area contributed by atoms with Crippen LogP contribution < -0.4 is 5.73 Å². The van der Waals surface area contributed by atoms with Crippen molar-refractivity contribution >= 4 is 43.9 Å². The monoisotopic (exact) mass is 562 g/mol. The third-order valence-corrected chi connectivity index (χ3v) is 7.55. The zero-order valence-electron chi connectivity index (χ0n) is 21.1. The summed E-state index contributed by atoms with van der Waals surface area (Å²) in [7, 11) is 1.47. The second-order valence-electron chi connectivity index (χ2n) is 8.68. The number of hydrogen-bond donors (Lipinski definition) is 1. The Balaban J connectivity index is 1.96. The standard InChI is InChI=1S/C27H26ClF3N4O2S/c1-4-5-21(36-3)34-27(35-8-9-37-13-15(29)12-35)17-10-19(28)23(24(31)14(17)2)16-6-7-20(30)25-22(16)18(11-32)26(33)38-25/h5-7,10,15H,4,8-9,12-13,33H2,1-3H3/b21-5-,34-27+. The van der Waals surface area contributed by atoms with Crippen molar-refractivity contribution in [1.29, 1.82) is 5.26 Å². The average molecular weight is 563 g/mol. The summed E-state index contributed by atoms with van der Waals surface area (Å²) < 4.78 is 56.2. The topological polar surface area (TPSA) is 83.9 Å². The number of hydrogen-bond acceptors (Lipinski definition) is 6. The van der Waals surface area contributed by atoms with Crippen molar-refractivity contribution in [2.45, 2.75) is 26.4 Å². The minimum absolute atomic E-state index is 0.00481. The Morgan fingerprint density at radius 3 is 2.87 bits per heavy atom. The Hall–Kier alpha value is -3.26. The molecule has 2 N–H and O–H groups in total. The van der Waals surface area contributed by atoms with Crippen molar-refractivity contribution in [3.05, 3.63) is 63.5 Å². The van der Waals surface area contributed by atoms with Crippen LogP contribution in [-0.2, 0) is 9.47 Å². The smallest absolute Gasteiger partial charge is 0.210 e. The number of nitrogens with two attached hydrogens (primary N) is 1. The zero-order valence-corrected chi connectivity index (χ0v) is 22.7. The van der Waals surface area contributed by atoms with Gasteiger partial charge in [-0.15, -0.1) is 11.3 Å². The molecule has 1 aliphatic rings. The molecule has 38 heavy (non-hydrogen) atoms. The van der Waals surface area contributed by atoms with Crippen molar-refractivity contribution in [2.75, 3.05) is 39.1 Å². The highest BCUT2D eigenvalue weighted by Crippen LogP contribution is 2.44. The Kier molecular flexibility index (Phi) is 8.51. The van der Waals surface area contributed by atoms with Crippen LogP contribution in [0, 0.1) is 29.9 Å². The van der Waals surface area contributed by atoms with Gasteiger partial charge in [0.15, 0.2) is 0 Å². The third-order valence-electron chi connectivity index (χ3n) is 6.23. The Labute approximate surface area is 227 Å².